The second kappa shape index (κ2) is 5.07. The van der Waals surface area contributed by atoms with Gasteiger partial charge in [0.1, 0.15) is 0 Å². The van der Waals surface area contributed by atoms with Crippen molar-refractivity contribution in [1.82, 2.24) is 4.98 Å². The lowest BCUT2D eigenvalue weighted by atomic mass is 9.81. The lowest BCUT2D eigenvalue weighted by Gasteiger charge is -2.35. The fourth-order valence-corrected chi connectivity index (χ4v) is 3.44. The number of pyridine rings is 1. The van der Waals surface area contributed by atoms with E-state index in [9.17, 15) is 8.42 Å². The quantitative estimate of drug-likeness (QED) is 0.883. The molecule has 3 rings (SSSR count). The maximum Gasteiger partial charge on any atom is 0.255 e. The second-order valence-electron chi connectivity index (χ2n) is 5.36. The summed E-state index contributed by atoms with van der Waals surface area (Å²) in [5.74, 6) is 0.000222. The number of sulfonamides is 1. The van der Waals surface area contributed by atoms with E-state index in [0.717, 1.165) is 31.2 Å². The van der Waals surface area contributed by atoms with Crippen LogP contribution in [0.25, 0.3) is 0 Å². The topological polar surface area (TPSA) is 91.5 Å². The first-order valence-electron chi connectivity index (χ1n) is 6.75. The number of hydrogen-bond donors (Lipinski definition) is 1. The van der Waals surface area contributed by atoms with Gasteiger partial charge in [0.2, 0.25) is 0 Å². The molecule has 0 bridgehead atoms. The molecule has 2 aliphatic rings. The fourth-order valence-electron chi connectivity index (χ4n) is 2.98. The van der Waals surface area contributed by atoms with Gasteiger partial charge in [-0.15, -0.1) is 0 Å². The van der Waals surface area contributed by atoms with Crippen molar-refractivity contribution in [3.63, 3.8) is 0 Å². The van der Waals surface area contributed by atoms with Crippen LogP contribution in [0.2, 0.25) is 0 Å². The maximum absolute atomic E-state index is 11.2. The Morgan fingerprint density at radius 2 is 1.85 bits per heavy atom. The van der Waals surface area contributed by atoms with Gasteiger partial charge in [0.25, 0.3) is 10.0 Å². The fraction of sp³-hybridized carbons (Fsp3) is 0.615. The van der Waals surface area contributed by atoms with Gasteiger partial charge in [-0.05, 0) is 30.4 Å². The molecule has 1 spiro atoms. The van der Waals surface area contributed by atoms with Crippen LogP contribution in [0.3, 0.4) is 0 Å². The van der Waals surface area contributed by atoms with Crippen molar-refractivity contribution in [2.75, 3.05) is 13.2 Å². The van der Waals surface area contributed by atoms with E-state index in [4.69, 9.17) is 14.6 Å². The van der Waals surface area contributed by atoms with Crippen LogP contribution < -0.4 is 5.14 Å². The molecule has 0 aromatic carbocycles. The average molecular weight is 298 g/mol. The standard InChI is InChI=1S/C13H18N2O4S/c14-20(16,17)12-2-1-11(9-15-12)10-3-5-13(6-4-10)18-7-8-19-13/h1-2,9-10H,3-8H2,(H2,14,16,17). The van der Waals surface area contributed by atoms with Gasteiger partial charge in [0.05, 0.1) is 13.2 Å². The van der Waals surface area contributed by atoms with E-state index in [1.807, 2.05) is 0 Å². The highest BCUT2D eigenvalue weighted by atomic mass is 32.2. The van der Waals surface area contributed by atoms with Gasteiger partial charge in [-0.2, -0.15) is 0 Å². The van der Waals surface area contributed by atoms with Crippen molar-refractivity contribution in [1.29, 1.82) is 0 Å². The summed E-state index contributed by atoms with van der Waals surface area (Å²) >= 11 is 0. The number of nitrogens with two attached hydrogens (primary N) is 1. The highest BCUT2D eigenvalue weighted by molar-refractivity contribution is 7.89. The van der Waals surface area contributed by atoms with Gasteiger partial charge in [-0.1, -0.05) is 6.07 Å². The maximum atomic E-state index is 11.2. The van der Waals surface area contributed by atoms with Crippen LogP contribution in [0.1, 0.15) is 37.2 Å². The molecular formula is C13H18N2O4S. The Morgan fingerprint density at radius 1 is 1.20 bits per heavy atom. The summed E-state index contributed by atoms with van der Waals surface area (Å²) in [4.78, 5) is 3.94. The third-order valence-corrected chi connectivity index (χ3v) is 4.91. The van der Waals surface area contributed by atoms with E-state index >= 15 is 0 Å². The van der Waals surface area contributed by atoms with E-state index in [2.05, 4.69) is 4.98 Å². The smallest absolute Gasteiger partial charge is 0.255 e. The third kappa shape index (κ3) is 2.71. The van der Waals surface area contributed by atoms with Crippen molar-refractivity contribution in [3.8, 4) is 0 Å². The largest absolute Gasteiger partial charge is 0.348 e. The molecule has 1 aromatic rings. The summed E-state index contributed by atoms with van der Waals surface area (Å²) < 4.78 is 33.7. The molecular weight excluding hydrogens is 280 g/mol. The van der Waals surface area contributed by atoms with Crippen molar-refractivity contribution in [2.24, 2.45) is 5.14 Å². The van der Waals surface area contributed by atoms with E-state index in [1.165, 1.54) is 6.07 Å². The molecule has 1 aliphatic carbocycles. The van der Waals surface area contributed by atoms with Crippen molar-refractivity contribution < 1.29 is 17.9 Å². The predicted octanol–water partition coefficient (Wildman–Crippen LogP) is 1.13. The summed E-state index contributed by atoms with van der Waals surface area (Å²) in [6, 6.07) is 3.27. The minimum Gasteiger partial charge on any atom is -0.348 e. The van der Waals surface area contributed by atoms with Crippen LogP contribution in [0, 0.1) is 0 Å². The van der Waals surface area contributed by atoms with E-state index < -0.39 is 10.0 Å². The lowest BCUT2D eigenvalue weighted by molar-refractivity contribution is -0.178. The molecule has 0 radical (unpaired) electrons. The summed E-state index contributed by atoms with van der Waals surface area (Å²) in [6.07, 6.45) is 5.26. The molecule has 1 aliphatic heterocycles. The van der Waals surface area contributed by atoms with Gasteiger partial charge in [-0.3, -0.25) is 0 Å². The Bertz CT molecular complexity index is 569. The summed E-state index contributed by atoms with van der Waals surface area (Å²) in [6.45, 7) is 1.35. The molecule has 0 amide bonds. The molecule has 2 heterocycles. The molecule has 1 saturated carbocycles. The van der Waals surface area contributed by atoms with Gasteiger partial charge < -0.3 is 9.47 Å². The van der Waals surface area contributed by atoms with Crippen molar-refractivity contribution >= 4 is 10.0 Å². The Morgan fingerprint density at radius 3 is 2.35 bits per heavy atom. The molecule has 110 valence electrons. The minimum absolute atomic E-state index is 0.0870. The summed E-state index contributed by atoms with van der Waals surface area (Å²) in [5.41, 5.74) is 1.05. The zero-order chi connectivity index (χ0) is 14.2. The Hall–Kier alpha value is -1.02. The Balaban J connectivity index is 1.69. The molecule has 0 unspecified atom stereocenters. The highest BCUT2D eigenvalue weighted by Gasteiger charge is 2.40. The van der Waals surface area contributed by atoms with Crippen LogP contribution >= 0.6 is 0 Å². The minimum atomic E-state index is -3.72. The van der Waals surface area contributed by atoms with Crippen molar-refractivity contribution in [3.05, 3.63) is 23.9 Å². The molecule has 1 aromatic heterocycles. The highest BCUT2D eigenvalue weighted by Crippen LogP contribution is 2.42. The van der Waals surface area contributed by atoms with Crippen LogP contribution in [-0.4, -0.2) is 32.4 Å². The zero-order valence-corrected chi connectivity index (χ0v) is 11.9. The SMILES string of the molecule is NS(=O)(=O)c1ccc(C2CCC3(CC2)OCCO3)cn1. The number of nitrogens with zero attached hydrogens (tertiary/aromatic N) is 1. The van der Waals surface area contributed by atoms with E-state index in [0.29, 0.717) is 19.1 Å². The van der Waals surface area contributed by atoms with Crippen LogP contribution in [-0.2, 0) is 19.5 Å². The van der Waals surface area contributed by atoms with Crippen LogP contribution in [0.4, 0.5) is 0 Å². The lowest BCUT2D eigenvalue weighted by Crippen LogP contribution is -2.34. The predicted molar refractivity (Wildman–Crippen MR) is 71.5 cm³/mol. The van der Waals surface area contributed by atoms with E-state index in [1.54, 1.807) is 12.3 Å². The molecule has 2 N–H and O–H groups in total. The van der Waals surface area contributed by atoms with Gasteiger partial charge in [0, 0.05) is 19.0 Å². The summed E-state index contributed by atoms with van der Waals surface area (Å²) in [5, 5.41) is 4.95. The second-order valence-corrected chi connectivity index (χ2v) is 6.86. The molecule has 1 saturated heterocycles. The van der Waals surface area contributed by atoms with Crippen LogP contribution in [0.15, 0.2) is 23.4 Å². The Kier molecular flexibility index (Phi) is 3.53. The number of hydrogen-bond acceptors (Lipinski definition) is 5. The first-order chi connectivity index (χ1) is 9.49. The zero-order valence-electron chi connectivity index (χ0n) is 11.1. The van der Waals surface area contributed by atoms with Gasteiger partial charge in [0.15, 0.2) is 10.8 Å². The molecule has 6 nitrogen and oxygen atoms in total. The van der Waals surface area contributed by atoms with Gasteiger partial charge in [-0.25, -0.2) is 18.5 Å². The first-order valence-corrected chi connectivity index (χ1v) is 8.30. The molecule has 2 fully saturated rings. The van der Waals surface area contributed by atoms with Crippen LogP contribution in [0.5, 0.6) is 0 Å². The molecule has 7 heteroatoms. The third-order valence-electron chi connectivity index (χ3n) is 4.08. The molecule has 20 heavy (non-hydrogen) atoms. The summed E-state index contributed by atoms with van der Waals surface area (Å²) in [7, 11) is -3.72. The number of rotatable bonds is 2. The Labute approximate surface area is 118 Å². The average Bonchev–Trinajstić information content (AvgIpc) is 2.87. The van der Waals surface area contributed by atoms with Gasteiger partial charge >= 0.3 is 0 Å². The van der Waals surface area contributed by atoms with Crippen molar-refractivity contribution in [2.45, 2.75) is 42.4 Å². The first kappa shape index (κ1) is 13.9. The van der Waals surface area contributed by atoms with E-state index in [-0.39, 0.29) is 10.8 Å². The number of aromatic nitrogens is 1. The number of ether oxygens (including phenoxy) is 2. The number of primary sulfonamides is 1. The normalized spacial score (nSPS) is 23.2. The molecule has 0 atom stereocenters. The monoisotopic (exact) mass is 298 g/mol.